The van der Waals surface area contributed by atoms with E-state index in [2.05, 4.69) is 29.8 Å². The fourth-order valence-electron chi connectivity index (χ4n) is 3.66. The lowest BCUT2D eigenvalue weighted by Crippen LogP contribution is -2.31. The Kier molecular flexibility index (Phi) is 7.53. The second-order valence-electron chi connectivity index (χ2n) is 7.84. The molecule has 2 atom stereocenters. The van der Waals surface area contributed by atoms with Crippen LogP contribution in [0.15, 0.2) is 24.3 Å². The van der Waals surface area contributed by atoms with E-state index in [9.17, 15) is 4.79 Å². The van der Waals surface area contributed by atoms with Crippen molar-refractivity contribution in [2.75, 3.05) is 5.75 Å². The van der Waals surface area contributed by atoms with Crippen molar-refractivity contribution >= 4 is 38.5 Å². The number of fused-ring (bicyclic) bond motifs is 1. The molecule has 27 heavy (non-hydrogen) atoms. The van der Waals surface area contributed by atoms with Crippen molar-refractivity contribution in [1.82, 2.24) is 14.9 Å². The van der Waals surface area contributed by atoms with Crippen molar-refractivity contribution in [2.24, 2.45) is 13.0 Å². The molecule has 6 heteroatoms. The monoisotopic (exact) mass is 405 g/mol. The van der Waals surface area contributed by atoms with E-state index in [4.69, 9.17) is 4.98 Å². The van der Waals surface area contributed by atoms with E-state index >= 15 is 0 Å². The maximum absolute atomic E-state index is 12.6. The third-order valence-electron chi connectivity index (χ3n) is 5.08. The van der Waals surface area contributed by atoms with Crippen LogP contribution in [0.3, 0.4) is 0 Å². The van der Waals surface area contributed by atoms with Crippen LogP contribution in [-0.4, -0.2) is 26.5 Å². The number of carbonyl (C=O) groups excluding carboxylic acids is 1. The van der Waals surface area contributed by atoms with E-state index in [0.29, 0.717) is 12.3 Å². The lowest BCUT2D eigenvalue weighted by molar-refractivity contribution is -0.122. The van der Waals surface area contributed by atoms with Crippen molar-refractivity contribution in [3.63, 3.8) is 0 Å². The summed E-state index contributed by atoms with van der Waals surface area (Å²) in [4.78, 5) is 17.4. The number of unbranched alkanes of at least 4 members (excludes halogenated alkanes) is 1. The minimum Gasteiger partial charge on any atom is -0.346 e. The van der Waals surface area contributed by atoms with Crippen LogP contribution in [0.2, 0.25) is 0 Å². The second kappa shape index (κ2) is 9.87. The molecule has 1 saturated heterocycles. The number of aryl methyl sites for hydroxylation is 1. The molecule has 1 fully saturated rings. The third kappa shape index (κ3) is 5.67. The molecule has 2 heterocycles. The first-order valence-corrected chi connectivity index (χ1v) is 12.4. The van der Waals surface area contributed by atoms with Gasteiger partial charge in [0.25, 0.3) is 0 Å². The van der Waals surface area contributed by atoms with Gasteiger partial charge in [-0.25, -0.2) is 4.98 Å². The summed E-state index contributed by atoms with van der Waals surface area (Å²) in [5.41, 5.74) is 2.10. The van der Waals surface area contributed by atoms with Gasteiger partial charge in [-0.1, -0.05) is 54.0 Å². The first-order valence-electron chi connectivity index (χ1n) is 10.0. The predicted molar refractivity (Wildman–Crippen MR) is 118 cm³/mol. The Morgan fingerprint density at radius 1 is 1.33 bits per heavy atom. The van der Waals surface area contributed by atoms with E-state index in [1.165, 1.54) is 18.6 Å². The highest BCUT2D eigenvalue weighted by atomic mass is 33.1. The number of nitrogens with zero attached hydrogens (tertiary/aromatic N) is 2. The van der Waals surface area contributed by atoms with E-state index < -0.39 is 0 Å². The van der Waals surface area contributed by atoms with Crippen LogP contribution in [0, 0.1) is 5.92 Å². The number of hydrogen-bond acceptors (Lipinski definition) is 4. The minimum absolute atomic E-state index is 0.0308. The fraction of sp³-hybridized carbons (Fsp3) is 0.619. The summed E-state index contributed by atoms with van der Waals surface area (Å²) in [5.74, 6) is 2.89. The first kappa shape index (κ1) is 20.6. The number of aromatic nitrogens is 2. The van der Waals surface area contributed by atoms with Gasteiger partial charge in [-0.15, -0.1) is 0 Å². The highest BCUT2D eigenvalue weighted by Crippen LogP contribution is 2.39. The predicted octanol–water partition coefficient (Wildman–Crippen LogP) is 5.49. The molecule has 0 saturated carbocycles. The molecule has 3 rings (SSSR count). The average molecular weight is 406 g/mol. The van der Waals surface area contributed by atoms with Gasteiger partial charge < -0.3 is 9.88 Å². The Bertz CT molecular complexity index is 753. The molecule has 0 aliphatic carbocycles. The van der Waals surface area contributed by atoms with Crippen molar-refractivity contribution < 1.29 is 4.79 Å². The number of para-hydroxylation sites is 2. The average Bonchev–Trinajstić information content (AvgIpc) is 3.26. The maximum Gasteiger partial charge on any atom is 0.220 e. The molecule has 0 radical (unpaired) electrons. The molecule has 1 aliphatic rings. The summed E-state index contributed by atoms with van der Waals surface area (Å²) < 4.78 is 2.12. The van der Waals surface area contributed by atoms with E-state index in [-0.39, 0.29) is 11.9 Å². The fourth-order valence-corrected chi connectivity index (χ4v) is 6.69. The lowest BCUT2D eigenvalue weighted by atomic mass is 10.0. The van der Waals surface area contributed by atoms with Crippen LogP contribution in [-0.2, 0) is 11.8 Å². The van der Waals surface area contributed by atoms with E-state index in [1.54, 1.807) is 0 Å². The zero-order valence-electron chi connectivity index (χ0n) is 16.6. The van der Waals surface area contributed by atoms with Gasteiger partial charge in [0.1, 0.15) is 5.82 Å². The topological polar surface area (TPSA) is 46.9 Å². The molecular weight excluding hydrogens is 374 g/mol. The molecule has 1 aromatic carbocycles. The molecule has 148 valence electrons. The number of amides is 1. The summed E-state index contributed by atoms with van der Waals surface area (Å²) in [7, 11) is 6.06. The molecule has 1 N–H and O–H groups in total. The van der Waals surface area contributed by atoms with Crippen molar-refractivity contribution in [1.29, 1.82) is 0 Å². The summed E-state index contributed by atoms with van der Waals surface area (Å²) >= 11 is 0. The molecule has 1 aromatic heterocycles. The van der Waals surface area contributed by atoms with E-state index in [1.807, 2.05) is 46.8 Å². The van der Waals surface area contributed by atoms with Crippen LogP contribution in [0.1, 0.15) is 64.2 Å². The van der Waals surface area contributed by atoms with Crippen molar-refractivity contribution in [3.05, 3.63) is 30.1 Å². The zero-order chi connectivity index (χ0) is 19.2. The molecule has 1 aliphatic heterocycles. The summed E-state index contributed by atoms with van der Waals surface area (Å²) in [5, 5.41) is 4.06. The molecule has 0 spiro atoms. The minimum atomic E-state index is -0.0308. The molecule has 2 unspecified atom stereocenters. The van der Waals surface area contributed by atoms with Crippen LogP contribution in [0.4, 0.5) is 0 Å². The number of nitrogens with one attached hydrogen (secondary N) is 1. The maximum atomic E-state index is 12.6. The van der Waals surface area contributed by atoms with Gasteiger partial charge in [0.15, 0.2) is 0 Å². The highest BCUT2D eigenvalue weighted by molar-refractivity contribution is 8.77. The van der Waals surface area contributed by atoms with Gasteiger partial charge in [0.2, 0.25) is 5.91 Å². The Hall–Kier alpha value is -1.14. The van der Waals surface area contributed by atoms with Gasteiger partial charge in [0.05, 0.1) is 17.1 Å². The van der Waals surface area contributed by atoms with Crippen LogP contribution in [0.25, 0.3) is 11.0 Å². The SMILES string of the molecule is CC(C)CC(NC(=O)CCCCC1CCSS1)c1nc2ccccc2n1C. The number of benzene rings is 1. The van der Waals surface area contributed by atoms with Crippen molar-refractivity contribution in [3.8, 4) is 0 Å². The van der Waals surface area contributed by atoms with Crippen LogP contribution in [0.5, 0.6) is 0 Å². The zero-order valence-corrected chi connectivity index (χ0v) is 18.2. The Balaban J connectivity index is 1.58. The van der Waals surface area contributed by atoms with Crippen LogP contribution < -0.4 is 5.32 Å². The van der Waals surface area contributed by atoms with Crippen LogP contribution >= 0.6 is 21.6 Å². The van der Waals surface area contributed by atoms with Crippen molar-refractivity contribution in [2.45, 2.75) is 63.7 Å². The largest absolute Gasteiger partial charge is 0.346 e. The number of hydrogen-bond donors (Lipinski definition) is 1. The van der Waals surface area contributed by atoms with Gasteiger partial charge >= 0.3 is 0 Å². The number of rotatable bonds is 9. The molecule has 2 aromatic rings. The van der Waals surface area contributed by atoms with Gasteiger partial charge in [-0.3, -0.25) is 4.79 Å². The molecule has 4 nitrogen and oxygen atoms in total. The van der Waals surface area contributed by atoms with Gasteiger partial charge in [-0.2, -0.15) is 0 Å². The summed E-state index contributed by atoms with van der Waals surface area (Å²) in [6.07, 6.45) is 6.20. The normalized spacial score (nSPS) is 18.3. The second-order valence-corrected chi connectivity index (χ2v) is 10.6. The third-order valence-corrected chi connectivity index (χ3v) is 8.09. The number of carbonyl (C=O) groups is 1. The standard InChI is InChI=1S/C21H31N3OS2/c1-15(2)14-18(21-23-17-9-5-6-10-19(17)24(21)3)22-20(25)11-7-4-8-16-12-13-26-27-16/h5-6,9-10,15-16,18H,4,7-8,11-14H2,1-3H3,(H,22,25). The highest BCUT2D eigenvalue weighted by Gasteiger charge is 2.22. The Morgan fingerprint density at radius 2 is 2.15 bits per heavy atom. The Labute approximate surface area is 170 Å². The molecular formula is C21H31N3OS2. The first-order chi connectivity index (χ1) is 13.0. The molecule has 0 bridgehead atoms. The number of imidazole rings is 1. The van der Waals surface area contributed by atoms with Gasteiger partial charge in [0, 0.05) is 24.5 Å². The van der Waals surface area contributed by atoms with E-state index in [0.717, 1.165) is 41.4 Å². The Morgan fingerprint density at radius 3 is 2.85 bits per heavy atom. The summed E-state index contributed by atoms with van der Waals surface area (Å²) in [6, 6.07) is 8.13. The quantitative estimate of drug-likeness (QED) is 0.442. The smallest absolute Gasteiger partial charge is 0.220 e. The molecule has 1 amide bonds. The van der Waals surface area contributed by atoms with Gasteiger partial charge in [-0.05, 0) is 43.7 Å². The lowest BCUT2D eigenvalue weighted by Gasteiger charge is -2.20. The summed E-state index contributed by atoms with van der Waals surface area (Å²) in [6.45, 7) is 4.39.